The standard InChI is InChI=1S/C7H5FN2O/c8-7-6(4-9-5-11)2-1-3-10-7/h1-3H,4H2. The number of rotatable bonds is 2. The molecule has 0 aliphatic rings. The zero-order valence-electron chi connectivity index (χ0n) is 5.62. The van der Waals surface area contributed by atoms with Crippen LogP contribution >= 0.6 is 0 Å². The lowest BCUT2D eigenvalue weighted by molar-refractivity contribution is 0.557. The molecule has 1 aromatic heterocycles. The molecule has 56 valence electrons. The number of aromatic nitrogens is 1. The first-order valence-electron chi connectivity index (χ1n) is 2.97. The van der Waals surface area contributed by atoms with E-state index in [4.69, 9.17) is 0 Å². The van der Waals surface area contributed by atoms with Crippen LogP contribution in [-0.2, 0) is 11.3 Å². The summed E-state index contributed by atoms with van der Waals surface area (Å²) in [5.41, 5.74) is 0.302. The van der Waals surface area contributed by atoms with E-state index >= 15 is 0 Å². The summed E-state index contributed by atoms with van der Waals surface area (Å²) < 4.78 is 12.6. The predicted molar refractivity (Wildman–Crippen MR) is 36.0 cm³/mol. The van der Waals surface area contributed by atoms with Crippen molar-refractivity contribution in [1.29, 1.82) is 0 Å². The van der Waals surface area contributed by atoms with Crippen LogP contribution in [-0.4, -0.2) is 11.1 Å². The fourth-order valence-corrected chi connectivity index (χ4v) is 0.655. The van der Waals surface area contributed by atoms with Gasteiger partial charge in [0.25, 0.3) is 0 Å². The molecule has 0 unspecified atom stereocenters. The van der Waals surface area contributed by atoms with Gasteiger partial charge < -0.3 is 0 Å². The van der Waals surface area contributed by atoms with E-state index in [0.29, 0.717) is 5.56 Å². The van der Waals surface area contributed by atoms with Crippen molar-refractivity contribution in [2.75, 3.05) is 0 Å². The molecule has 4 heteroatoms. The summed E-state index contributed by atoms with van der Waals surface area (Å²) in [6, 6.07) is 3.10. The summed E-state index contributed by atoms with van der Waals surface area (Å²) in [6.07, 6.45) is 2.66. The molecule has 0 aliphatic carbocycles. The van der Waals surface area contributed by atoms with Crippen LogP contribution in [0.5, 0.6) is 0 Å². The number of hydrogen-bond donors (Lipinski definition) is 0. The van der Waals surface area contributed by atoms with E-state index in [2.05, 4.69) is 9.98 Å². The molecule has 1 heterocycles. The third kappa shape index (κ3) is 1.95. The smallest absolute Gasteiger partial charge is 0.228 e. The predicted octanol–water partition coefficient (Wildman–Crippen LogP) is 1.06. The second-order valence-electron chi connectivity index (χ2n) is 1.86. The van der Waals surface area contributed by atoms with Crippen LogP contribution in [0.4, 0.5) is 4.39 Å². The van der Waals surface area contributed by atoms with Crippen LogP contribution in [0.1, 0.15) is 5.56 Å². The van der Waals surface area contributed by atoms with Crippen LogP contribution < -0.4 is 0 Å². The molecule has 0 spiro atoms. The van der Waals surface area contributed by atoms with Gasteiger partial charge in [0.15, 0.2) is 0 Å². The van der Waals surface area contributed by atoms with Gasteiger partial charge in [0.05, 0.1) is 6.54 Å². The molecule has 3 nitrogen and oxygen atoms in total. The first-order valence-corrected chi connectivity index (χ1v) is 2.97. The molecule has 0 atom stereocenters. The molecular weight excluding hydrogens is 147 g/mol. The Hall–Kier alpha value is -1.54. The highest BCUT2D eigenvalue weighted by Crippen LogP contribution is 2.03. The maximum Gasteiger partial charge on any atom is 0.235 e. The molecule has 0 radical (unpaired) electrons. The maximum atomic E-state index is 12.6. The number of aliphatic imine (C=N–C) groups is 1. The largest absolute Gasteiger partial charge is 0.235 e. The van der Waals surface area contributed by atoms with Gasteiger partial charge in [-0.05, 0) is 6.07 Å². The van der Waals surface area contributed by atoms with Crippen molar-refractivity contribution in [3.8, 4) is 0 Å². The van der Waals surface area contributed by atoms with Crippen LogP contribution in [0.2, 0.25) is 0 Å². The van der Waals surface area contributed by atoms with Crippen LogP contribution in [0.25, 0.3) is 0 Å². The van der Waals surface area contributed by atoms with Gasteiger partial charge >= 0.3 is 0 Å². The van der Waals surface area contributed by atoms with Gasteiger partial charge in [-0.25, -0.2) is 14.8 Å². The van der Waals surface area contributed by atoms with Gasteiger partial charge in [0, 0.05) is 11.8 Å². The summed E-state index contributed by atoms with van der Waals surface area (Å²) >= 11 is 0. The van der Waals surface area contributed by atoms with Crippen LogP contribution in [0.15, 0.2) is 23.3 Å². The van der Waals surface area contributed by atoms with E-state index in [0.717, 1.165) is 0 Å². The highest BCUT2D eigenvalue weighted by Gasteiger charge is 1.98. The van der Waals surface area contributed by atoms with Crippen molar-refractivity contribution >= 4 is 6.08 Å². The van der Waals surface area contributed by atoms with Gasteiger partial charge in [-0.15, -0.1) is 0 Å². The lowest BCUT2D eigenvalue weighted by Gasteiger charge is -1.93. The minimum absolute atomic E-state index is 0.00315. The second-order valence-corrected chi connectivity index (χ2v) is 1.86. The molecule has 0 amide bonds. The SMILES string of the molecule is O=C=NCc1cccnc1F. The topological polar surface area (TPSA) is 42.3 Å². The summed E-state index contributed by atoms with van der Waals surface area (Å²) in [5.74, 6) is -0.591. The highest BCUT2D eigenvalue weighted by atomic mass is 19.1. The maximum absolute atomic E-state index is 12.6. The zero-order chi connectivity index (χ0) is 8.10. The summed E-state index contributed by atoms with van der Waals surface area (Å²) in [5, 5.41) is 0. The fourth-order valence-electron chi connectivity index (χ4n) is 0.655. The number of nitrogens with zero attached hydrogens (tertiary/aromatic N) is 2. The number of carbonyl (C=O) groups excluding carboxylic acids is 1. The monoisotopic (exact) mass is 152 g/mol. The summed E-state index contributed by atoms with van der Waals surface area (Å²) in [6.45, 7) is 0.00315. The van der Waals surface area contributed by atoms with E-state index in [-0.39, 0.29) is 6.54 Å². The Bertz CT molecular complexity index is 294. The molecule has 0 aromatic carbocycles. The van der Waals surface area contributed by atoms with Gasteiger partial charge in [-0.3, -0.25) is 0 Å². The Morgan fingerprint density at radius 2 is 2.55 bits per heavy atom. The van der Waals surface area contributed by atoms with Gasteiger partial charge in [0.2, 0.25) is 12.0 Å². The summed E-state index contributed by atoms with van der Waals surface area (Å²) in [7, 11) is 0. The Morgan fingerprint density at radius 3 is 3.18 bits per heavy atom. The van der Waals surface area contributed by atoms with Crippen molar-refractivity contribution < 1.29 is 9.18 Å². The van der Waals surface area contributed by atoms with E-state index in [1.54, 1.807) is 6.07 Å². The Kier molecular flexibility index (Phi) is 2.47. The lowest BCUT2D eigenvalue weighted by atomic mass is 10.3. The van der Waals surface area contributed by atoms with Crippen LogP contribution in [0, 0.1) is 5.95 Å². The molecule has 1 rings (SSSR count). The van der Waals surface area contributed by atoms with E-state index in [1.807, 2.05) is 0 Å². The van der Waals surface area contributed by atoms with Crippen molar-refractivity contribution in [1.82, 2.24) is 4.98 Å². The molecule has 0 N–H and O–H groups in total. The first-order chi connectivity index (χ1) is 5.34. The molecule has 0 saturated carbocycles. The molecule has 11 heavy (non-hydrogen) atoms. The number of halogens is 1. The van der Waals surface area contributed by atoms with Gasteiger partial charge in [-0.1, -0.05) is 6.07 Å². The van der Waals surface area contributed by atoms with Crippen LogP contribution in [0.3, 0.4) is 0 Å². The van der Waals surface area contributed by atoms with Crippen molar-refractivity contribution in [3.63, 3.8) is 0 Å². The third-order valence-electron chi connectivity index (χ3n) is 1.15. The third-order valence-corrected chi connectivity index (χ3v) is 1.15. The van der Waals surface area contributed by atoms with Crippen molar-refractivity contribution in [2.24, 2.45) is 4.99 Å². The average molecular weight is 152 g/mol. The van der Waals surface area contributed by atoms with Crippen molar-refractivity contribution in [2.45, 2.75) is 6.54 Å². The zero-order valence-corrected chi connectivity index (χ0v) is 5.62. The molecule has 0 aliphatic heterocycles. The number of hydrogen-bond acceptors (Lipinski definition) is 3. The Morgan fingerprint density at radius 1 is 1.73 bits per heavy atom. The number of isocyanates is 1. The molecular formula is C7H5FN2O. The second kappa shape index (κ2) is 3.58. The quantitative estimate of drug-likeness (QED) is 0.361. The fraction of sp³-hybridized carbons (Fsp3) is 0.143. The van der Waals surface area contributed by atoms with Gasteiger partial charge in [0.1, 0.15) is 0 Å². The summed E-state index contributed by atoms with van der Waals surface area (Å²) in [4.78, 5) is 16.2. The van der Waals surface area contributed by atoms with Crippen molar-refractivity contribution in [3.05, 3.63) is 29.8 Å². The highest BCUT2D eigenvalue weighted by molar-refractivity contribution is 5.33. The minimum atomic E-state index is -0.591. The molecule has 0 fully saturated rings. The van der Waals surface area contributed by atoms with E-state index < -0.39 is 5.95 Å². The molecule has 1 aromatic rings. The Balaban J connectivity index is 2.85. The first kappa shape index (κ1) is 7.57. The molecule has 0 saturated heterocycles. The average Bonchev–Trinajstić information content (AvgIpc) is 2.03. The minimum Gasteiger partial charge on any atom is -0.228 e. The molecule has 0 bridgehead atoms. The van der Waals surface area contributed by atoms with E-state index in [1.165, 1.54) is 18.3 Å². The van der Waals surface area contributed by atoms with E-state index in [9.17, 15) is 9.18 Å². The lowest BCUT2D eigenvalue weighted by Crippen LogP contribution is -1.90. The normalized spacial score (nSPS) is 8.82. The number of pyridine rings is 1. The Labute approximate surface area is 62.6 Å². The van der Waals surface area contributed by atoms with Gasteiger partial charge in [-0.2, -0.15) is 4.39 Å².